The molecule has 1 unspecified atom stereocenters. The zero-order chi connectivity index (χ0) is 53.9. The third kappa shape index (κ3) is 12.0. The van der Waals surface area contributed by atoms with Gasteiger partial charge >= 0.3 is 17.9 Å². The zero-order valence-electron chi connectivity index (χ0n) is 43.6. The molecule has 74 heavy (non-hydrogen) atoms. The molecular formula is C62H64O12. The molecule has 6 N–H and O–H groups in total. The minimum absolute atomic E-state index is 0.126. The van der Waals surface area contributed by atoms with Crippen LogP contribution in [0.25, 0.3) is 0 Å². The van der Waals surface area contributed by atoms with E-state index < -0.39 is 49.6 Å². The number of aromatic hydroxyl groups is 3. The molecule has 0 bridgehead atoms. The molecule has 12 heteroatoms. The second-order valence-corrected chi connectivity index (χ2v) is 19.7. The molecule has 0 radical (unpaired) electrons. The van der Waals surface area contributed by atoms with E-state index in [4.69, 9.17) is 14.2 Å². The third-order valence-corrected chi connectivity index (χ3v) is 13.9. The molecule has 0 aliphatic rings. The fraction of sp³-hybridized carbons (Fsp3) is 0.274. The van der Waals surface area contributed by atoms with E-state index in [0.717, 1.165) is 72.3 Å². The Kier molecular flexibility index (Phi) is 16.1. The van der Waals surface area contributed by atoms with Gasteiger partial charge in [-0.2, -0.15) is 0 Å². The summed E-state index contributed by atoms with van der Waals surface area (Å²) in [7, 11) is 0. The summed E-state index contributed by atoms with van der Waals surface area (Å²) in [5.41, 5.74) is 16.3. The molecule has 12 nitrogen and oxygen atoms in total. The van der Waals surface area contributed by atoms with Gasteiger partial charge < -0.3 is 44.8 Å². The molecular weight excluding hydrogens is 937 g/mol. The molecule has 7 rings (SSSR count). The third-order valence-electron chi connectivity index (χ3n) is 13.9. The largest absolute Gasteiger partial charge is 0.508 e. The fourth-order valence-electron chi connectivity index (χ4n) is 10.1. The molecule has 0 aliphatic carbocycles. The van der Waals surface area contributed by atoms with Crippen molar-refractivity contribution >= 4 is 17.9 Å². The Morgan fingerprint density at radius 1 is 0.378 bits per heavy atom. The predicted octanol–water partition coefficient (Wildman–Crippen LogP) is 11.8. The van der Waals surface area contributed by atoms with Gasteiger partial charge in [0.25, 0.3) is 0 Å². The maximum absolute atomic E-state index is 12.3. The van der Waals surface area contributed by atoms with Gasteiger partial charge in [0.2, 0.25) is 0 Å². The Morgan fingerprint density at radius 3 is 1.07 bits per heavy atom. The summed E-state index contributed by atoms with van der Waals surface area (Å²) in [5.74, 6) is -3.01. The number of aryl methyl sites for hydroxylation is 10. The van der Waals surface area contributed by atoms with Crippen LogP contribution in [0.1, 0.15) is 123 Å². The standard InChI is InChI=1S/C62H64O12/c1-32-15-44(25-42-11-13-55(72-29-57(66)67)50(27-42)60(46-18-34(3)33(2)17-35(46)4)47-19-39(8)52(63)22-36(47)5)62(74-31-59(70)71)45(16-32)26-43-12-14-56(73-30-58(68)69)51(28-43)61(48-20-40(9)53(64)23-37(48)6)49-21-41(10)54(65)24-38(49)7/h11-24,27-28,60-61,63-65H,25-26,29-31H2,1-10H3,(H,66,67)(H,68,69)(H,70,71). The van der Waals surface area contributed by atoms with Crippen LogP contribution in [0.5, 0.6) is 34.5 Å². The van der Waals surface area contributed by atoms with Gasteiger partial charge in [0.15, 0.2) is 19.8 Å². The topological polar surface area (TPSA) is 200 Å². The van der Waals surface area contributed by atoms with Crippen LogP contribution >= 0.6 is 0 Å². The number of phenols is 3. The number of phenolic OH excluding ortho intramolecular Hbond substituents is 3. The van der Waals surface area contributed by atoms with Gasteiger partial charge in [-0.15, -0.1) is 0 Å². The maximum atomic E-state index is 12.3. The van der Waals surface area contributed by atoms with Gasteiger partial charge in [-0.05, 0) is 194 Å². The van der Waals surface area contributed by atoms with Crippen molar-refractivity contribution < 1.29 is 59.2 Å². The SMILES string of the molecule is Cc1cc(Cc2ccc(OCC(=O)O)c(C(c3cc(C)c(C)cc3C)c3cc(C)c(O)cc3C)c2)c(OCC(=O)O)c(Cc2ccc(OCC(=O)O)c(C(c3cc(C)c(O)cc3C)c3cc(C)c(O)cc3C)c2)c1. The van der Waals surface area contributed by atoms with Crippen molar-refractivity contribution in [1.82, 2.24) is 0 Å². The van der Waals surface area contributed by atoms with Crippen molar-refractivity contribution in [3.8, 4) is 34.5 Å². The highest BCUT2D eigenvalue weighted by atomic mass is 16.5. The first-order chi connectivity index (χ1) is 35.0. The predicted molar refractivity (Wildman–Crippen MR) is 284 cm³/mol. The molecule has 1 atom stereocenters. The smallest absolute Gasteiger partial charge is 0.341 e. The van der Waals surface area contributed by atoms with Crippen molar-refractivity contribution in [3.05, 3.63) is 208 Å². The number of benzene rings is 7. The van der Waals surface area contributed by atoms with E-state index >= 15 is 0 Å². The van der Waals surface area contributed by atoms with E-state index in [1.54, 1.807) is 44.2 Å². The van der Waals surface area contributed by atoms with Crippen LogP contribution in [0.4, 0.5) is 0 Å². The van der Waals surface area contributed by atoms with E-state index in [1.165, 1.54) is 0 Å². The zero-order valence-corrected chi connectivity index (χ0v) is 43.6. The molecule has 384 valence electrons. The Bertz CT molecular complexity index is 3010. The quantitative estimate of drug-likeness (QED) is 0.0420. The Hall–Kier alpha value is -8.25. The number of hydrogen-bond acceptors (Lipinski definition) is 9. The first-order valence-electron chi connectivity index (χ1n) is 24.4. The fourth-order valence-corrected chi connectivity index (χ4v) is 10.1. The van der Waals surface area contributed by atoms with Crippen LogP contribution in [0.15, 0.2) is 97.1 Å². The summed E-state index contributed by atoms with van der Waals surface area (Å²) in [6.45, 7) is 17.5. The second-order valence-electron chi connectivity index (χ2n) is 19.7. The van der Waals surface area contributed by atoms with Gasteiger partial charge in [0, 0.05) is 35.8 Å². The van der Waals surface area contributed by atoms with Gasteiger partial charge in [0.05, 0.1) is 0 Å². The van der Waals surface area contributed by atoms with Crippen molar-refractivity contribution in [2.45, 2.75) is 93.9 Å². The first-order valence-corrected chi connectivity index (χ1v) is 24.4. The van der Waals surface area contributed by atoms with Gasteiger partial charge in [-0.1, -0.05) is 72.3 Å². The van der Waals surface area contributed by atoms with Crippen LogP contribution in [-0.4, -0.2) is 68.4 Å². The van der Waals surface area contributed by atoms with Crippen molar-refractivity contribution in [2.75, 3.05) is 19.8 Å². The second kappa shape index (κ2) is 22.3. The average Bonchev–Trinajstić information content (AvgIpc) is 3.32. The Morgan fingerprint density at radius 2 is 0.703 bits per heavy atom. The van der Waals surface area contributed by atoms with E-state index in [9.17, 15) is 45.0 Å². The molecule has 0 aromatic heterocycles. The van der Waals surface area contributed by atoms with Crippen molar-refractivity contribution in [3.63, 3.8) is 0 Å². The summed E-state index contributed by atoms with van der Waals surface area (Å²) < 4.78 is 18.3. The van der Waals surface area contributed by atoms with Gasteiger partial charge in [-0.3, -0.25) is 0 Å². The number of carboxylic acids is 3. The molecule has 0 spiro atoms. The number of aliphatic carboxylic acids is 3. The summed E-state index contributed by atoms with van der Waals surface area (Å²) in [6, 6.07) is 30.3. The Labute approximate surface area is 432 Å². The van der Waals surface area contributed by atoms with E-state index in [-0.39, 0.29) is 30.1 Å². The normalized spacial score (nSPS) is 11.7. The van der Waals surface area contributed by atoms with Crippen LogP contribution in [0.2, 0.25) is 0 Å². The highest BCUT2D eigenvalue weighted by Gasteiger charge is 2.29. The molecule has 0 amide bonds. The summed E-state index contributed by atoms with van der Waals surface area (Å²) in [4.78, 5) is 36.2. The highest BCUT2D eigenvalue weighted by molar-refractivity contribution is 5.70. The first kappa shape index (κ1) is 53.5. The molecule has 0 saturated carbocycles. The van der Waals surface area contributed by atoms with E-state index in [0.29, 0.717) is 56.2 Å². The van der Waals surface area contributed by atoms with Crippen LogP contribution in [-0.2, 0) is 27.2 Å². The number of rotatable bonds is 19. The average molecular weight is 1000 g/mol. The Balaban J connectivity index is 1.41. The lowest BCUT2D eigenvalue weighted by Gasteiger charge is -2.27. The lowest BCUT2D eigenvalue weighted by atomic mass is 9.78. The van der Waals surface area contributed by atoms with E-state index in [1.807, 2.05) is 103 Å². The molecule has 7 aromatic carbocycles. The summed E-state index contributed by atoms with van der Waals surface area (Å²) in [6.07, 6.45) is 0.529. The maximum Gasteiger partial charge on any atom is 0.341 e. The van der Waals surface area contributed by atoms with Crippen molar-refractivity contribution in [2.24, 2.45) is 0 Å². The lowest BCUT2D eigenvalue weighted by Crippen LogP contribution is -2.15. The lowest BCUT2D eigenvalue weighted by molar-refractivity contribution is -0.140. The molecule has 0 saturated heterocycles. The number of hydrogen-bond donors (Lipinski definition) is 6. The molecule has 0 heterocycles. The van der Waals surface area contributed by atoms with E-state index in [2.05, 4.69) is 19.1 Å². The molecule has 0 fully saturated rings. The number of carbonyl (C=O) groups is 3. The van der Waals surface area contributed by atoms with Crippen LogP contribution < -0.4 is 14.2 Å². The summed E-state index contributed by atoms with van der Waals surface area (Å²) in [5, 5.41) is 61.9. The minimum atomic E-state index is -1.17. The van der Waals surface area contributed by atoms with Crippen LogP contribution in [0, 0.1) is 69.2 Å². The number of carboxylic acid groups (broad SMARTS) is 3. The van der Waals surface area contributed by atoms with Gasteiger partial charge in [0.1, 0.15) is 34.5 Å². The molecule has 0 aliphatic heterocycles. The molecule has 7 aromatic rings. The minimum Gasteiger partial charge on any atom is -0.508 e. The van der Waals surface area contributed by atoms with Crippen molar-refractivity contribution in [1.29, 1.82) is 0 Å². The number of ether oxygens (including phenoxy) is 3. The van der Waals surface area contributed by atoms with Gasteiger partial charge in [-0.25, -0.2) is 14.4 Å². The van der Waals surface area contributed by atoms with Crippen LogP contribution in [0.3, 0.4) is 0 Å². The monoisotopic (exact) mass is 1000 g/mol. The summed E-state index contributed by atoms with van der Waals surface area (Å²) >= 11 is 0. The highest BCUT2D eigenvalue weighted by Crippen LogP contribution is 2.46.